The lowest BCUT2D eigenvalue weighted by Crippen LogP contribution is -2.38. The van der Waals surface area contributed by atoms with Gasteiger partial charge in [-0.3, -0.25) is 0 Å². The molecule has 0 aliphatic carbocycles. The van der Waals surface area contributed by atoms with Crippen molar-refractivity contribution in [3.8, 4) is 11.5 Å². The highest BCUT2D eigenvalue weighted by molar-refractivity contribution is 7.89. The van der Waals surface area contributed by atoms with Gasteiger partial charge in [0.15, 0.2) is 11.5 Å². The van der Waals surface area contributed by atoms with E-state index in [-0.39, 0.29) is 10.9 Å². The monoisotopic (exact) mass is 365 g/mol. The standard InChI is InChI=1S/C18H20FNO4S/c1-12-16-11-18(24-3)17(23-2)10-13(16)8-9-20(12)25(21,22)15-6-4-14(19)5-7-15/h4-7,10-12H,8-9H2,1-3H3/t12-/m1/s1. The Bertz CT molecular complexity index is 881. The van der Waals surface area contributed by atoms with Crippen molar-refractivity contribution in [2.24, 2.45) is 0 Å². The molecule has 2 aromatic carbocycles. The highest BCUT2D eigenvalue weighted by Gasteiger charge is 2.34. The van der Waals surface area contributed by atoms with E-state index in [9.17, 15) is 12.8 Å². The maximum atomic E-state index is 13.1. The third-order valence-corrected chi connectivity index (χ3v) is 6.53. The van der Waals surface area contributed by atoms with Crippen molar-refractivity contribution >= 4 is 10.0 Å². The minimum absolute atomic E-state index is 0.0877. The van der Waals surface area contributed by atoms with Gasteiger partial charge in [-0.05, 0) is 60.9 Å². The summed E-state index contributed by atoms with van der Waals surface area (Å²) in [6.07, 6.45) is 0.570. The number of rotatable bonds is 4. The molecule has 0 spiro atoms. The molecule has 0 saturated carbocycles. The van der Waals surface area contributed by atoms with Gasteiger partial charge in [-0.25, -0.2) is 12.8 Å². The lowest BCUT2D eigenvalue weighted by atomic mass is 9.94. The van der Waals surface area contributed by atoms with Crippen LogP contribution in [0.1, 0.15) is 24.1 Å². The van der Waals surface area contributed by atoms with Crippen LogP contribution in [0.5, 0.6) is 11.5 Å². The molecule has 7 heteroatoms. The Morgan fingerprint density at radius 1 is 1.08 bits per heavy atom. The van der Waals surface area contributed by atoms with Crippen LogP contribution in [0.4, 0.5) is 4.39 Å². The van der Waals surface area contributed by atoms with E-state index in [4.69, 9.17) is 9.47 Å². The predicted octanol–water partition coefficient (Wildman–Crippen LogP) is 3.15. The molecule has 0 unspecified atom stereocenters. The molecular formula is C18H20FNO4S. The lowest BCUT2D eigenvalue weighted by Gasteiger charge is -2.34. The normalized spacial score (nSPS) is 17.8. The maximum Gasteiger partial charge on any atom is 0.243 e. The molecule has 0 amide bonds. The molecule has 0 radical (unpaired) electrons. The van der Waals surface area contributed by atoms with E-state index in [0.717, 1.165) is 23.3 Å². The SMILES string of the molecule is COc1cc2c(cc1OC)[C@@H](C)N(S(=O)(=O)c1ccc(F)cc1)CC2. The van der Waals surface area contributed by atoms with Gasteiger partial charge >= 0.3 is 0 Å². The molecule has 1 aliphatic heterocycles. The largest absolute Gasteiger partial charge is 0.493 e. The Kier molecular flexibility index (Phi) is 4.71. The van der Waals surface area contributed by atoms with Gasteiger partial charge in [-0.1, -0.05) is 0 Å². The predicted molar refractivity (Wildman–Crippen MR) is 92.0 cm³/mol. The van der Waals surface area contributed by atoms with Gasteiger partial charge in [0.2, 0.25) is 10.0 Å². The van der Waals surface area contributed by atoms with Gasteiger partial charge in [0.1, 0.15) is 5.82 Å². The average molecular weight is 365 g/mol. The Morgan fingerprint density at radius 3 is 2.28 bits per heavy atom. The second kappa shape index (κ2) is 6.65. The van der Waals surface area contributed by atoms with Crippen LogP contribution < -0.4 is 9.47 Å². The van der Waals surface area contributed by atoms with Gasteiger partial charge in [0.25, 0.3) is 0 Å². The molecule has 0 bridgehead atoms. The second-order valence-electron chi connectivity index (χ2n) is 5.90. The fourth-order valence-corrected chi connectivity index (χ4v) is 4.80. The number of methoxy groups -OCH3 is 2. The van der Waals surface area contributed by atoms with Crippen molar-refractivity contribution in [2.45, 2.75) is 24.3 Å². The number of ether oxygens (including phenoxy) is 2. The molecule has 5 nitrogen and oxygen atoms in total. The minimum Gasteiger partial charge on any atom is -0.493 e. The number of benzene rings is 2. The first kappa shape index (κ1) is 17.7. The molecule has 0 N–H and O–H groups in total. The van der Waals surface area contributed by atoms with Gasteiger partial charge < -0.3 is 9.47 Å². The highest BCUT2D eigenvalue weighted by Crippen LogP contribution is 2.39. The van der Waals surface area contributed by atoms with E-state index in [1.54, 1.807) is 14.2 Å². The number of halogens is 1. The summed E-state index contributed by atoms with van der Waals surface area (Å²) >= 11 is 0. The molecule has 0 saturated heterocycles. The summed E-state index contributed by atoms with van der Waals surface area (Å²) in [5.41, 5.74) is 1.92. The summed E-state index contributed by atoms with van der Waals surface area (Å²) in [6.45, 7) is 2.19. The van der Waals surface area contributed by atoms with Gasteiger partial charge in [0, 0.05) is 12.6 Å². The lowest BCUT2D eigenvalue weighted by molar-refractivity contribution is 0.319. The fourth-order valence-electron chi connectivity index (χ4n) is 3.19. The Balaban J connectivity index is 2.01. The van der Waals surface area contributed by atoms with Crippen LogP contribution in [-0.2, 0) is 16.4 Å². The van der Waals surface area contributed by atoms with E-state index in [1.807, 2.05) is 19.1 Å². The molecule has 2 aromatic rings. The van der Waals surface area contributed by atoms with Crippen LogP contribution in [0.3, 0.4) is 0 Å². The zero-order valence-electron chi connectivity index (χ0n) is 14.3. The Labute approximate surface area is 147 Å². The number of nitrogens with zero attached hydrogens (tertiary/aromatic N) is 1. The minimum atomic E-state index is -3.71. The summed E-state index contributed by atoms with van der Waals surface area (Å²) in [4.78, 5) is 0.0877. The van der Waals surface area contributed by atoms with Crippen LogP contribution >= 0.6 is 0 Å². The van der Waals surface area contributed by atoms with Crippen LogP contribution in [0.15, 0.2) is 41.3 Å². The second-order valence-corrected chi connectivity index (χ2v) is 7.79. The molecule has 25 heavy (non-hydrogen) atoms. The molecule has 0 aromatic heterocycles. The van der Waals surface area contributed by atoms with Gasteiger partial charge in [-0.15, -0.1) is 0 Å². The number of hydrogen-bond donors (Lipinski definition) is 0. The zero-order chi connectivity index (χ0) is 18.2. The van der Waals surface area contributed by atoms with Crippen LogP contribution in [0.2, 0.25) is 0 Å². The molecule has 1 aliphatic rings. The first-order valence-corrected chi connectivity index (χ1v) is 9.34. The first-order chi connectivity index (χ1) is 11.9. The van der Waals surface area contributed by atoms with Crippen molar-refractivity contribution < 1.29 is 22.3 Å². The maximum absolute atomic E-state index is 13.1. The summed E-state index contributed by atoms with van der Waals surface area (Å²) in [5.74, 6) is 0.727. The zero-order valence-corrected chi connectivity index (χ0v) is 15.1. The van der Waals surface area contributed by atoms with Crippen molar-refractivity contribution in [3.63, 3.8) is 0 Å². The van der Waals surface area contributed by atoms with Crippen molar-refractivity contribution in [3.05, 3.63) is 53.3 Å². The summed E-state index contributed by atoms with van der Waals surface area (Å²) in [6, 6.07) is 8.26. The van der Waals surface area contributed by atoms with Crippen LogP contribution in [0.25, 0.3) is 0 Å². The summed E-state index contributed by atoms with van der Waals surface area (Å²) < 4.78 is 51.1. The molecule has 1 atom stereocenters. The van der Waals surface area contributed by atoms with E-state index in [0.29, 0.717) is 24.5 Å². The van der Waals surface area contributed by atoms with Crippen molar-refractivity contribution in [1.82, 2.24) is 4.31 Å². The fraction of sp³-hybridized carbons (Fsp3) is 0.333. The molecule has 0 fully saturated rings. The highest BCUT2D eigenvalue weighted by atomic mass is 32.2. The topological polar surface area (TPSA) is 55.8 Å². The third-order valence-electron chi connectivity index (χ3n) is 4.55. The Hall–Kier alpha value is -2.12. The van der Waals surface area contributed by atoms with E-state index < -0.39 is 15.8 Å². The Morgan fingerprint density at radius 2 is 1.68 bits per heavy atom. The average Bonchev–Trinajstić information content (AvgIpc) is 2.61. The van der Waals surface area contributed by atoms with Crippen LogP contribution in [-0.4, -0.2) is 33.5 Å². The van der Waals surface area contributed by atoms with Gasteiger partial charge in [0.05, 0.1) is 19.1 Å². The molecule has 134 valence electrons. The third kappa shape index (κ3) is 3.09. The van der Waals surface area contributed by atoms with Crippen molar-refractivity contribution in [1.29, 1.82) is 0 Å². The number of hydrogen-bond acceptors (Lipinski definition) is 4. The quantitative estimate of drug-likeness (QED) is 0.835. The van der Waals surface area contributed by atoms with Crippen molar-refractivity contribution in [2.75, 3.05) is 20.8 Å². The summed E-state index contributed by atoms with van der Waals surface area (Å²) in [7, 11) is -0.594. The molecule has 1 heterocycles. The number of sulfonamides is 1. The van der Waals surface area contributed by atoms with E-state index in [1.165, 1.54) is 16.4 Å². The molecule has 3 rings (SSSR count). The first-order valence-electron chi connectivity index (χ1n) is 7.90. The summed E-state index contributed by atoms with van der Waals surface area (Å²) in [5, 5.41) is 0. The van der Waals surface area contributed by atoms with Gasteiger partial charge in [-0.2, -0.15) is 4.31 Å². The van der Waals surface area contributed by atoms with E-state index >= 15 is 0 Å². The van der Waals surface area contributed by atoms with Crippen LogP contribution in [0, 0.1) is 5.82 Å². The smallest absolute Gasteiger partial charge is 0.243 e. The molecular weight excluding hydrogens is 345 g/mol. The number of fused-ring (bicyclic) bond motifs is 1. The van der Waals surface area contributed by atoms with E-state index in [2.05, 4.69) is 0 Å².